The van der Waals surface area contributed by atoms with E-state index in [4.69, 9.17) is 4.42 Å². The second kappa shape index (κ2) is 12.2. The molecule has 0 amide bonds. The largest absolute Gasteiger partial charge is 0.456 e. The fourth-order valence-electron chi connectivity index (χ4n) is 7.42. The molecule has 2 aromatic heterocycles. The van der Waals surface area contributed by atoms with Crippen molar-refractivity contribution in [3.8, 4) is 33.4 Å². The molecule has 0 fully saturated rings. The van der Waals surface area contributed by atoms with Gasteiger partial charge in [0.25, 0.3) is 0 Å². The third-order valence-corrected chi connectivity index (χ3v) is 11.1. The highest BCUT2D eigenvalue weighted by molar-refractivity contribution is 7.26. The summed E-state index contributed by atoms with van der Waals surface area (Å²) in [5.74, 6) is 0. The van der Waals surface area contributed by atoms with Crippen LogP contribution in [-0.4, -0.2) is 0 Å². The molecule has 0 aliphatic carbocycles. The zero-order valence-corrected chi connectivity index (χ0v) is 28.5. The van der Waals surface area contributed by atoms with Crippen LogP contribution in [0, 0.1) is 0 Å². The second-order valence-electron chi connectivity index (χ2n) is 12.9. The molecule has 3 heteroatoms. The van der Waals surface area contributed by atoms with Crippen LogP contribution >= 0.6 is 11.3 Å². The first-order valence-corrected chi connectivity index (χ1v) is 18.1. The minimum absolute atomic E-state index is 0.886. The summed E-state index contributed by atoms with van der Waals surface area (Å²) in [6.07, 6.45) is 0. The number of para-hydroxylation sites is 1. The van der Waals surface area contributed by atoms with E-state index in [1.807, 2.05) is 23.5 Å². The van der Waals surface area contributed by atoms with Gasteiger partial charge in [0, 0.05) is 43.2 Å². The number of nitrogens with zero attached hydrogens (tertiary/aromatic N) is 1. The van der Waals surface area contributed by atoms with Gasteiger partial charge in [0.15, 0.2) is 0 Å². The zero-order chi connectivity index (χ0) is 33.7. The van der Waals surface area contributed by atoms with Gasteiger partial charge in [-0.1, -0.05) is 140 Å². The van der Waals surface area contributed by atoms with Crippen LogP contribution in [0.25, 0.3) is 75.5 Å². The first kappa shape index (κ1) is 29.5. The monoisotopic (exact) mass is 669 g/mol. The molecule has 2 nitrogen and oxygen atoms in total. The summed E-state index contributed by atoms with van der Waals surface area (Å²) in [4.78, 5) is 2.45. The highest BCUT2D eigenvalue weighted by Crippen LogP contribution is 2.50. The van der Waals surface area contributed by atoms with Crippen molar-refractivity contribution in [3.05, 3.63) is 188 Å². The molecule has 8 aromatic carbocycles. The predicted octanol–water partition coefficient (Wildman–Crippen LogP) is 14.4. The molecule has 240 valence electrons. The van der Waals surface area contributed by atoms with E-state index in [2.05, 4.69) is 181 Å². The molecule has 10 rings (SSSR count). The fourth-order valence-corrected chi connectivity index (χ4v) is 8.66. The predicted molar refractivity (Wildman–Crippen MR) is 218 cm³/mol. The molecule has 0 unspecified atom stereocenters. The van der Waals surface area contributed by atoms with Crippen LogP contribution in [0.3, 0.4) is 0 Å². The highest BCUT2D eigenvalue weighted by Gasteiger charge is 2.23. The quantitative estimate of drug-likeness (QED) is 0.175. The van der Waals surface area contributed by atoms with Gasteiger partial charge in [-0.05, 0) is 76.3 Å². The lowest BCUT2D eigenvalue weighted by Crippen LogP contribution is -2.11. The van der Waals surface area contributed by atoms with Gasteiger partial charge in [0.1, 0.15) is 11.2 Å². The van der Waals surface area contributed by atoms with Crippen LogP contribution in [-0.2, 0) is 0 Å². The maximum atomic E-state index is 6.29. The molecule has 0 atom stereocenters. The molecule has 0 aliphatic rings. The minimum atomic E-state index is 0.886. The summed E-state index contributed by atoms with van der Waals surface area (Å²) in [6, 6.07) is 67.5. The number of thiophene rings is 1. The van der Waals surface area contributed by atoms with Crippen LogP contribution in [0.1, 0.15) is 0 Å². The molecule has 2 heterocycles. The summed E-state index contributed by atoms with van der Waals surface area (Å²) in [7, 11) is 0. The van der Waals surface area contributed by atoms with Gasteiger partial charge in [0.05, 0.1) is 10.4 Å². The number of hydrogen-bond donors (Lipinski definition) is 0. The van der Waals surface area contributed by atoms with E-state index in [1.165, 1.54) is 59.2 Å². The Hall–Kier alpha value is -6.42. The Morgan fingerprint density at radius 3 is 1.76 bits per heavy atom. The lowest BCUT2D eigenvalue weighted by molar-refractivity contribution is 0.669. The molecule has 10 aromatic rings. The molecular weight excluding hydrogens is 639 g/mol. The van der Waals surface area contributed by atoms with Crippen LogP contribution < -0.4 is 4.90 Å². The maximum Gasteiger partial charge on any atom is 0.135 e. The first-order valence-electron chi connectivity index (χ1n) is 17.3. The molecule has 0 aliphatic heterocycles. The van der Waals surface area contributed by atoms with Crippen molar-refractivity contribution in [1.29, 1.82) is 0 Å². The summed E-state index contributed by atoms with van der Waals surface area (Å²) in [5, 5.41) is 4.77. The van der Waals surface area contributed by atoms with E-state index < -0.39 is 0 Å². The smallest absolute Gasteiger partial charge is 0.135 e. The number of fused-ring (bicyclic) bond motifs is 6. The average molecular weight is 670 g/mol. The lowest BCUT2D eigenvalue weighted by atomic mass is 9.97. The summed E-state index contributed by atoms with van der Waals surface area (Å²) in [5.41, 5.74) is 12.3. The molecule has 51 heavy (non-hydrogen) atoms. The average Bonchev–Trinajstić information content (AvgIpc) is 3.77. The van der Waals surface area contributed by atoms with Crippen molar-refractivity contribution in [3.63, 3.8) is 0 Å². The number of anilines is 3. The minimum Gasteiger partial charge on any atom is -0.456 e. The molecule has 0 spiro atoms. The molecule has 0 radical (unpaired) electrons. The normalized spacial score (nSPS) is 11.5. The van der Waals surface area contributed by atoms with Crippen molar-refractivity contribution in [2.45, 2.75) is 0 Å². The Balaban J connectivity index is 1.21. The van der Waals surface area contributed by atoms with Crippen molar-refractivity contribution in [1.82, 2.24) is 0 Å². The van der Waals surface area contributed by atoms with Gasteiger partial charge in [-0.25, -0.2) is 0 Å². The second-order valence-corrected chi connectivity index (χ2v) is 14.0. The molecule has 0 N–H and O–H groups in total. The Morgan fingerprint density at radius 1 is 0.373 bits per heavy atom. The molecular formula is C48H31NOS. The van der Waals surface area contributed by atoms with Crippen molar-refractivity contribution < 1.29 is 4.42 Å². The van der Waals surface area contributed by atoms with Crippen LogP contribution in [0.5, 0.6) is 0 Å². The third kappa shape index (κ3) is 5.10. The van der Waals surface area contributed by atoms with Crippen molar-refractivity contribution in [2.75, 3.05) is 4.90 Å². The summed E-state index contributed by atoms with van der Waals surface area (Å²) in [6.45, 7) is 0. The van der Waals surface area contributed by atoms with Crippen LogP contribution in [0.15, 0.2) is 192 Å². The van der Waals surface area contributed by atoms with Gasteiger partial charge in [-0.2, -0.15) is 0 Å². The number of hydrogen-bond acceptors (Lipinski definition) is 3. The van der Waals surface area contributed by atoms with Crippen LogP contribution in [0.4, 0.5) is 17.1 Å². The standard InChI is InChI=1S/C48H31NOS/c1-3-12-32(13-4-1)35-16-11-17-36(30-35)33-22-24-37(25-23-33)49(38-26-29-45-43(31-38)40-18-7-9-20-44(40)50-45)47-39(34-14-5-2-6-15-34)27-28-42-41-19-8-10-21-46(41)51-48(42)47/h1-31H. The van der Waals surface area contributed by atoms with Gasteiger partial charge in [-0.3, -0.25) is 0 Å². The van der Waals surface area contributed by atoms with Gasteiger partial charge < -0.3 is 9.32 Å². The van der Waals surface area contributed by atoms with E-state index in [9.17, 15) is 0 Å². The SMILES string of the molecule is c1ccc(-c2cccc(-c3ccc(N(c4ccc5oc6ccccc6c5c4)c4c(-c5ccccc5)ccc5c4sc4ccccc45)cc3)c2)cc1. The van der Waals surface area contributed by atoms with E-state index >= 15 is 0 Å². The lowest BCUT2D eigenvalue weighted by Gasteiger charge is -2.29. The van der Waals surface area contributed by atoms with Crippen molar-refractivity contribution >= 4 is 70.5 Å². The number of furan rings is 1. The van der Waals surface area contributed by atoms with E-state index in [0.717, 1.165) is 33.3 Å². The Labute approximate surface area is 300 Å². The first-order chi connectivity index (χ1) is 25.3. The summed E-state index contributed by atoms with van der Waals surface area (Å²) >= 11 is 1.86. The molecule has 0 bridgehead atoms. The van der Waals surface area contributed by atoms with E-state index in [-0.39, 0.29) is 0 Å². The Morgan fingerprint density at radius 2 is 0.980 bits per heavy atom. The summed E-state index contributed by atoms with van der Waals surface area (Å²) < 4.78 is 8.83. The van der Waals surface area contributed by atoms with Gasteiger partial charge in [-0.15, -0.1) is 11.3 Å². The van der Waals surface area contributed by atoms with Gasteiger partial charge >= 0.3 is 0 Å². The van der Waals surface area contributed by atoms with Crippen LogP contribution in [0.2, 0.25) is 0 Å². The van der Waals surface area contributed by atoms with E-state index in [1.54, 1.807) is 0 Å². The number of rotatable bonds is 6. The van der Waals surface area contributed by atoms with Gasteiger partial charge in [0.2, 0.25) is 0 Å². The van der Waals surface area contributed by atoms with Crippen molar-refractivity contribution in [2.24, 2.45) is 0 Å². The van der Waals surface area contributed by atoms with E-state index in [0.29, 0.717) is 0 Å². The third-order valence-electron chi connectivity index (χ3n) is 9.88. The Bertz CT molecular complexity index is 2850. The Kier molecular flexibility index (Phi) is 7.04. The topological polar surface area (TPSA) is 16.4 Å². The fraction of sp³-hybridized carbons (Fsp3) is 0. The molecule has 0 saturated heterocycles. The number of benzene rings is 8. The maximum absolute atomic E-state index is 6.29. The molecule has 0 saturated carbocycles. The highest BCUT2D eigenvalue weighted by atomic mass is 32.1. The zero-order valence-electron chi connectivity index (χ0n) is 27.7.